The van der Waals surface area contributed by atoms with E-state index in [1.54, 1.807) is 0 Å². The first-order valence-corrected chi connectivity index (χ1v) is 11.8. The van der Waals surface area contributed by atoms with E-state index in [0.717, 1.165) is 55.6 Å². The fourth-order valence-electron chi connectivity index (χ4n) is 3.82. The molecule has 32 heavy (non-hydrogen) atoms. The molecule has 1 aromatic heterocycles. The van der Waals surface area contributed by atoms with Crippen molar-refractivity contribution in [1.29, 1.82) is 0 Å². The van der Waals surface area contributed by atoms with Gasteiger partial charge in [0.1, 0.15) is 0 Å². The highest BCUT2D eigenvalue weighted by Crippen LogP contribution is 2.14. The Bertz CT molecular complexity index is 1080. The topological polar surface area (TPSA) is 51.4 Å². The molecular weight excluding hydrogens is 416 g/mol. The van der Waals surface area contributed by atoms with Gasteiger partial charge in [0.15, 0.2) is 5.11 Å². The van der Waals surface area contributed by atoms with Gasteiger partial charge in [-0.05, 0) is 67.8 Å². The number of H-pyrrole nitrogens is 1. The summed E-state index contributed by atoms with van der Waals surface area (Å²) in [6, 6.07) is 18.5. The van der Waals surface area contributed by atoms with Crippen LogP contribution in [0.4, 0.5) is 0 Å². The van der Waals surface area contributed by atoms with Gasteiger partial charge >= 0.3 is 0 Å². The van der Waals surface area contributed by atoms with E-state index < -0.39 is 0 Å². The van der Waals surface area contributed by atoms with Crippen LogP contribution < -0.4 is 10.9 Å². The molecule has 3 aromatic rings. The monoisotopic (exact) mass is 450 g/mol. The van der Waals surface area contributed by atoms with E-state index in [2.05, 4.69) is 71.2 Å². The number of aromatic nitrogens is 1. The molecule has 5 nitrogen and oxygen atoms in total. The van der Waals surface area contributed by atoms with Crippen LogP contribution in [0.5, 0.6) is 0 Å². The van der Waals surface area contributed by atoms with Crippen molar-refractivity contribution in [3.05, 3.63) is 81.6 Å². The van der Waals surface area contributed by atoms with Crippen molar-refractivity contribution < 1.29 is 0 Å². The Morgan fingerprint density at radius 2 is 1.78 bits per heavy atom. The minimum absolute atomic E-state index is 0.0544. The van der Waals surface area contributed by atoms with Crippen LogP contribution in [-0.4, -0.2) is 52.6 Å². The summed E-state index contributed by atoms with van der Waals surface area (Å²) in [5.41, 5.74) is 3.99. The smallest absolute Gasteiger partial charge is 0.253 e. The van der Waals surface area contributed by atoms with E-state index in [-0.39, 0.29) is 5.56 Å². The number of fused-ring (bicyclic) bond motifs is 1. The van der Waals surface area contributed by atoms with Crippen molar-refractivity contribution in [2.75, 3.05) is 32.7 Å². The molecular formula is C26H34N4OS. The van der Waals surface area contributed by atoms with Crippen LogP contribution >= 0.6 is 12.2 Å². The van der Waals surface area contributed by atoms with Crippen LogP contribution in [0.1, 0.15) is 30.5 Å². The van der Waals surface area contributed by atoms with Crippen LogP contribution in [0.2, 0.25) is 0 Å². The lowest BCUT2D eigenvalue weighted by molar-refractivity contribution is 0.263. The zero-order valence-electron chi connectivity index (χ0n) is 19.4. The lowest BCUT2D eigenvalue weighted by atomic mass is 10.1. The molecule has 0 saturated carbocycles. The normalized spacial score (nSPS) is 11.1. The first kappa shape index (κ1) is 24.0. The van der Waals surface area contributed by atoms with Crippen LogP contribution in [0, 0.1) is 6.92 Å². The number of benzene rings is 2. The molecule has 0 radical (unpaired) electrons. The zero-order valence-corrected chi connectivity index (χ0v) is 20.2. The minimum atomic E-state index is -0.0544. The highest BCUT2D eigenvalue weighted by Gasteiger charge is 2.14. The lowest BCUT2D eigenvalue weighted by Gasteiger charge is -2.29. The third-order valence-corrected chi connectivity index (χ3v) is 6.24. The maximum absolute atomic E-state index is 12.8. The molecule has 0 saturated heterocycles. The van der Waals surface area contributed by atoms with Crippen molar-refractivity contribution in [3.63, 3.8) is 0 Å². The molecule has 0 unspecified atom stereocenters. The minimum Gasteiger partial charge on any atom is -0.362 e. The second kappa shape index (κ2) is 11.8. The fraction of sp³-hybridized carbons (Fsp3) is 0.385. The van der Waals surface area contributed by atoms with Crippen molar-refractivity contribution in [1.82, 2.24) is 20.1 Å². The van der Waals surface area contributed by atoms with Gasteiger partial charge < -0.3 is 20.1 Å². The Morgan fingerprint density at radius 1 is 1.03 bits per heavy atom. The number of hydrogen-bond donors (Lipinski definition) is 2. The molecule has 0 aliphatic carbocycles. The van der Waals surface area contributed by atoms with E-state index in [1.165, 1.54) is 11.1 Å². The highest BCUT2D eigenvalue weighted by molar-refractivity contribution is 7.80. The van der Waals surface area contributed by atoms with Gasteiger partial charge in [-0.25, -0.2) is 0 Å². The van der Waals surface area contributed by atoms with Crippen molar-refractivity contribution in [3.8, 4) is 0 Å². The molecule has 2 aromatic carbocycles. The number of nitrogens with zero attached hydrogens (tertiary/aromatic N) is 2. The van der Waals surface area contributed by atoms with Crippen LogP contribution in [0.3, 0.4) is 0 Å². The Hall–Kier alpha value is -2.70. The average molecular weight is 451 g/mol. The quantitative estimate of drug-likeness (QED) is 0.456. The first-order valence-electron chi connectivity index (χ1n) is 11.4. The van der Waals surface area contributed by atoms with Gasteiger partial charge in [-0.2, -0.15) is 0 Å². The lowest BCUT2D eigenvalue weighted by Crippen LogP contribution is -2.44. The number of nitrogens with one attached hydrogen (secondary N) is 2. The molecule has 6 heteroatoms. The van der Waals surface area contributed by atoms with Crippen LogP contribution in [0.15, 0.2) is 59.4 Å². The summed E-state index contributed by atoms with van der Waals surface area (Å²) in [7, 11) is 0. The van der Waals surface area contributed by atoms with E-state index in [4.69, 9.17) is 12.2 Å². The number of pyridine rings is 1. The van der Waals surface area contributed by atoms with Crippen LogP contribution in [0.25, 0.3) is 10.9 Å². The van der Waals surface area contributed by atoms with E-state index in [0.29, 0.717) is 11.7 Å². The second-order valence-electron chi connectivity index (χ2n) is 8.13. The number of likely N-dealkylation sites (N-methyl/N-ethyl adjacent to an activating group) is 1. The van der Waals surface area contributed by atoms with Crippen molar-refractivity contribution >= 4 is 28.2 Å². The SMILES string of the molecule is CCN(CC)CCN(Cc1cc2cc(C)ccc2[nH]c1=O)C(=S)NCCc1ccccc1. The van der Waals surface area contributed by atoms with Gasteiger partial charge in [-0.1, -0.05) is 55.8 Å². The molecule has 3 rings (SSSR count). The number of aromatic amines is 1. The summed E-state index contributed by atoms with van der Waals surface area (Å²) in [6.45, 7) is 11.3. The van der Waals surface area contributed by atoms with Crippen molar-refractivity contribution in [2.45, 2.75) is 33.7 Å². The predicted molar refractivity (Wildman–Crippen MR) is 138 cm³/mol. The molecule has 0 spiro atoms. The molecule has 0 aliphatic heterocycles. The summed E-state index contributed by atoms with van der Waals surface area (Å²) >= 11 is 5.76. The summed E-state index contributed by atoms with van der Waals surface area (Å²) in [5, 5.41) is 5.14. The van der Waals surface area contributed by atoms with Crippen LogP contribution in [-0.2, 0) is 13.0 Å². The van der Waals surface area contributed by atoms with Gasteiger partial charge in [-0.3, -0.25) is 4.79 Å². The Kier molecular flexibility index (Phi) is 8.82. The Morgan fingerprint density at radius 3 is 2.50 bits per heavy atom. The summed E-state index contributed by atoms with van der Waals surface area (Å²) in [6.07, 6.45) is 0.903. The maximum atomic E-state index is 12.8. The molecule has 170 valence electrons. The largest absolute Gasteiger partial charge is 0.362 e. The Balaban J connectivity index is 1.74. The first-order chi connectivity index (χ1) is 15.5. The molecule has 0 fully saturated rings. The zero-order chi connectivity index (χ0) is 22.9. The third kappa shape index (κ3) is 6.65. The third-order valence-electron chi connectivity index (χ3n) is 5.84. The second-order valence-corrected chi connectivity index (χ2v) is 8.52. The van der Waals surface area contributed by atoms with Gasteiger partial charge in [0.2, 0.25) is 0 Å². The summed E-state index contributed by atoms with van der Waals surface area (Å²) in [4.78, 5) is 20.3. The molecule has 0 aliphatic rings. The van der Waals surface area contributed by atoms with E-state index in [1.807, 2.05) is 24.3 Å². The maximum Gasteiger partial charge on any atom is 0.253 e. The molecule has 0 bridgehead atoms. The molecule has 0 atom stereocenters. The van der Waals surface area contributed by atoms with Gasteiger partial charge in [0.05, 0.1) is 6.54 Å². The van der Waals surface area contributed by atoms with Crippen molar-refractivity contribution in [2.24, 2.45) is 0 Å². The molecule has 2 N–H and O–H groups in total. The van der Waals surface area contributed by atoms with E-state index >= 15 is 0 Å². The number of thiocarbonyl (C=S) groups is 1. The highest BCUT2D eigenvalue weighted by atomic mass is 32.1. The summed E-state index contributed by atoms with van der Waals surface area (Å²) in [5.74, 6) is 0. The summed E-state index contributed by atoms with van der Waals surface area (Å²) < 4.78 is 0. The Labute approximate surface area is 196 Å². The van der Waals surface area contributed by atoms with Gasteiger partial charge in [0, 0.05) is 30.7 Å². The predicted octanol–water partition coefficient (Wildman–Crippen LogP) is 4.10. The molecule has 1 heterocycles. The number of hydrogen-bond acceptors (Lipinski definition) is 3. The fourth-order valence-corrected chi connectivity index (χ4v) is 4.08. The van der Waals surface area contributed by atoms with Gasteiger partial charge in [0.25, 0.3) is 5.56 Å². The van der Waals surface area contributed by atoms with E-state index in [9.17, 15) is 4.79 Å². The standard InChI is InChI=1S/C26H34N4OS/c1-4-29(5-2)15-16-30(26(32)27-14-13-21-9-7-6-8-10-21)19-23-18-22-17-20(3)11-12-24(22)28-25(23)31/h6-12,17-18H,4-5,13-16,19H2,1-3H3,(H,27,32)(H,28,31). The van der Waals surface area contributed by atoms with Gasteiger partial charge in [-0.15, -0.1) is 0 Å². The molecule has 0 amide bonds. The number of aryl methyl sites for hydroxylation is 1. The average Bonchev–Trinajstić information content (AvgIpc) is 2.80. The number of rotatable bonds is 10.